The van der Waals surface area contributed by atoms with Gasteiger partial charge in [-0.1, -0.05) is 6.08 Å². The van der Waals surface area contributed by atoms with Crippen LogP contribution in [-0.2, 0) is 19.1 Å². The van der Waals surface area contributed by atoms with Gasteiger partial charge in [-0.25, -0.2) is 9.59 Å². The lowest BCUT2D eigenvalue weighted by molar-refractivity contribution is -0.144. The van der Waals surface area contributed by atoms with Crippen LogP contribution < -0.4 is 0 Å². The van der Waals surface area contributed by atoms with E-state index in [0.717, 1.165) is 45.7 Å². The number of esters is 2. The number of likely N-dealkylation sites (N-methyl/N-ethyl adjacent to an activating group) is 1. The molecule has 0 amide bonds. The minimum Gasteiger partial charge on any atom is -0.462 e. The normalized spacial score (nSPS) is 17.3. The summed E-state index contributed by atoms with van der Waals surface area (Å²) in [6.07, 6.45) is 7.42. The van der Waals surface area contributed by atoms with E-state index >= 15 is 0 Å². The van der Waals surface area contributed by atoms with E-state index < -0.39 is 0 Å². The van der Waals surface area contributed by atoms with Crippen LogP contribution in [0.1, 0.15) is 26.7 Å². The number of carbonyl (C=O) groups excluding carboxylic acids is 2. The Labute approximate surface area is 163 Å². The van der Waals surface area contributed by atoms with Crippen molar-refractivity contribution < 1.29 is 19.1 Å². The average molecular weight is 382 g/mol. The minimum absolute atomic E-state index is 0.230. The summed E-state index contributed by atoms with van der Waals surface area (Å²) in [5.41, 5.74) is 0. The molecular formula is C20H35N3O4. The highest BCUT2D eigenvalue weighted by atomic mass is 16.6. The molecule has 0 N–H and O–H groups in total. The predicted molar refractivity (Wildman–Crippen MR) is 106 cm³/mol. The van der Waals surface area contributed by atoms with Crippen molar-refractivity contribution in [2.45, 2.75) is 32.8 Å². The van der Waals surface area contributed by atoms with Crippen molar-refractivity contribution >= 4 is 11.9 Å². The zero-order valence-electron chi connectivity index (χ0n) is 17.2. The van der Waals surface area contributed by atoms with Crippen molar-refractivity contribution in [3.05, 3.63) is 24.4 Å². The smallest absolute Gasteiger partial charge is 0.332 e. The molecule has 0 saturated carbocycles. The molecule has 1 fully saturated rings. The van der Waals surface area contributed by atoms with Gasteiger partial charge in [-0.2, -0.15) is 0 Å². The molecule has 27 heavy (non-hydrogen) atoms. The first-order valence-corrected chi connectivity index (χ1v) is 9.70. The van der Waals surface area contributed by atoms with E-state index in [0.29, 0.717) is 6.42 Å². The fourth-order valence-corrected chi connectivity index (χ4v) is 2.68. The molecule has 1 atom stereocenters. The topological polar surface area (TPSA) is 62.3 Å². The van der Waals surface area contributed by atoms with Crippen LogP contribution in [0.4, 0.5) is 0 Å². The largest absolute Gasteiger partial charge is 0.462 e. The number of ether oxygens (including phenoxy) is 2. The van der Waals surface area contributed by atoms with Gasteiger partial charge in [0.2, 0.25) is 0 Å². The monoisotopic (exact) mass is 381 g/mol. The Hall–Kier alpha value is -1.86. The van der Waals surface area contributed by atoms with Gasteiger partial charge in [-0.05, 0) is 33.9 Å². The summed E-state index contributed by atoms with van der Waals surface area (Å²) in [6.45, 7) is 10.3. The number of piperazine rings is 1. The van der Waals surface area contributed by atoms with Gasteiger partial charge >= 0.3 is 11.9 Å². The molecular weight excluding hydrogens is 346 g/mol. The van der Waals surface area contributed by atoms with Crippen molar-refractivity contribution in [2.75, 3.05) is 60.0 Å². The second-order valence-corrected chi connectivity index (χ2v) is 7.00. The molecule has 0 aromatic carbocycles. The summed E-state index contributed by atoms with van der Waals surface area (Å²) in [6, 6.07) is 0. The van der Waals surface area contributed by atoms with Crippen LogP contribution in [0.3, 0.4) is 0 Å². The maximum Gasteiger partial charge on any atom is 0.332 e. The molecule has 1 saturated heterocycles. The van der Waals surface area contributed by atoms with Crippen molar-refractivity contribution in [1.29, 1.82) is 0 Å². The van der Waals surface area contributed by atoms with Gasteiger partial charge in [0.15, 0.2) is 0 Å². The number of allylic oxidation sites excluding steroid dienone is 1. The van der Waals surface area contributed by atoms with Gasteiger partial charge in [-0.3, -0.25) is 0 Å². The molecule has 1 heterocycles. The molecule has 0 radical (unpaired) electrons. The van der Waals surface area contributed by atoms with Crippen molar-refractivity contribution in [2.24, 2.45) is 0 Å². The van der Waals surface area contributed by atoms with Crippen molar-refractivity contribution in [3.63, 3.8) is 0 Å². The summed E-state index contributed by atoms with van der Waals surface area (Å²) >= 11 is 0. The number of hydrogen-bond donors (Lipinski definition) is 0. The first-order chi connectivity index (χ1) is 12.9. The lowest BCUT2D eigenvalue weighted by atomic mass is 10.3. The van der Waals surface area contributed by atoms with Crippen LogP contribution in [0.5, 0.6) is 0 Å². The Morgan fingerprint density at radius 2 is 1.85 bits per heavy atom. The first kappa shape index (κ1) is 23.2. The molecule has 154 valence electrons. The molecule has 1 aliphatic rings. The van der Waals surface area contributed by atoms with Crippen LogP contribution in [0.2, 0.25) is 0 Å². The predicted octanol–water partition coefficient (Wildman–Crippen LogP) is 1.51. The van der Waals surface area contributed by atoms with E-state index in [1.807, 2.05) is 11.9 Å². The Morgan fingerprint density at radius 1 is 1.15 bits per heavy atom. The Morgan fingerprint density at radius 3 is 2.52 bits per heavy atom. The standard InChI is InChI=1S/C20H35N3O4/c1-5-7-19(24)26-17-9-18(2)27-20(25)8-12-21(3)10-6-11-23-15-13-22(4)14-16-23/h5,7-8,12,18H,6,9-11,13-17H2,1-4H3/b7-5+,12-8+. The molecule has 0 aliphatic carbocycles. The van der Waals surface area contributed by atoms with Gasteiger partial charge in [0, 0.05) is 64.5 Å². The molecule has 0 aromatic rings. The lowest BCUT2D eigenvalue weighted by Crippen LogP contribution is -2.45. The van der Waals surface area contributed by atoms with Gasteiger partial charge < -0.3 is 24.2 Å². The van der Waals surface area contributed by atoms with Gasteiger partial charge in [0.05, 0.1) is 6.61 Å². The van der Waals surface area contributed by atoms with Crippen molar-refractivity contribution in [1.82, 2.24) is 14.7 Å². The highest BCUT2D eigenvalue weighted by Crippen LogP contribution is 2.02. The van der Waals surface area contributed by atoms with Crippen LogP contribution in [0, 0.1) is 0 Å². The second kappa shape index (κ2) is 13.3. The van der Waals surface area contributed by atoms with Gasteiger partial charge in [-0.15, -0.1) is 0 Å². The zero-order chi connectivity index (χ0) is 20.1. The lowest BCUT2D eigenvalue weighted by Gasteiger charge is -2.32. The highest BCUT2D eigenvalue weighted by molar-refractivity contribution is 5.82. The molecule has 1 aliphatic heterocycles. The summed E-state index contributed by atoms with van der Waals surface area (Å²) < 4.78 is 10.3. The number of hydrogen-bond acceptors (Lipinski definition) is 7. The third-order valence-electron chi connectivity index (χ3n) is 4.43. The van der Waals surface area contributed by atoms with E-state index in [1.165, 1.54) is 12.2 Å². The van der Waals surface area contributed by atoms with Crippen LogP contribution >= 0.6 is 0 Å². The molecule has 7 heteroatoms. The molecule has 7 nitrogen and oxygen atoms in total. The number of rotatable bonds is 11. The van der Waals surface area contributed by atoms with Crippen LogP contribution in [0.15, 0.2) is 24.4 Å². The zero-order valence-corrected chi connectivity index (χ0v) is 17.2. The fourth-order valence-electron chi connectivity index (χ4n) is 2.68. The fraction of sp³-hybridized carbons (Fsp3) is 0.700. The summed E-state index contributed by atoms with van der Waals surface area (Å²) in [7, 11) is 4.12. The maximum atomic E-state index is 11.8. The van der Waals surface area contributed by atoms with E-state index in [2.05, 4.69) is 16.8 Å². The minimum atomic E-state index is -0.381. The molecule has 0 spiro atoms. The van der Waals surface area contributed by atoms with Gasteiger partial charge in [0.1, 0.15) is 6.10 Å². The summed E-state index contributed by atoms with van der Waals surface area (Å²) in [4.78, 5) is 29.9. The number of nitrogens with zero attached hydrogens (tertiary/aromatic N) is 3. The Balaban J connectivity index is 2.13. The first-order valence-electron chi connectivity index (χ1n) is 9.70. The Bertz CT molecular complexity index is 499. The molecule has 0 bridgehead atoms. The number of carbonyl (C=O) groups is 2. The van der Waals surface area contributed by atoms with Crippen LogP contribution in [0.25, 0.3) is 0 Å². The van der Waals surface area contributed by atoms with Gasteiger partial charge in [0.25, 0.3) is 0 Å². The third-order valence-corrected chi connectivity index (χ3v) is 4.43. The second-order valence-electron chi connectivity index (χ2n) is 7.00. The highest BCUT2D eigenvalue weighted by Gasteiger charge is 2.13. The van der Waals surface area contributed by atoms with E-state index in [9.17, 15) is 9.59 Å². The summed E-state index contributed by atoms with van der Waals surface area (Å²) in [5, 5.41) is 0. The molecule has 1 unspecified atom stereocenters. The van der Waals surface area contributed by atoms with E-state index in [1.54, 1.807) is 26.1 Å². The Kier molecular flexibility index (Phi) is 11.4. The SMILES string of the molecule is C/C=C/C(=O)OCCC(C)OC(=O)/C=C/N(C)CCCN1CCN(C)CC1. The summed E-state index contributed by atoms with van der Waals surface area (Å²) in [5.74, 6) is -0.762. The van der Waals surface area contributed by atoms with Crippen molar-refractivity contribution in [3.8, 4) is 0 Å². The molecule has 0 aromatic heterocycles. The maximum absolute atomic E-state index is 11.8. The molecule has 1 rings (SSSR count). The quantitative estimate of drug-likeness (QED) is 0.397. The van der Waals surface area contributed by atoms with E-state index in [-0.39, 0.29) is 24.6 Å². The average Bonchev–Trinajstić information content (AvgIpc) is 2.62. The third kappa shape index (κ3) is 11.5. The van der Waals surface area contributed by atoms with Crippen LogP contribution in [-0.4, -0.2) is 92.7 Å². The van der Waals surface area contributed by atoms with E-state index in [4.69, 9.17) is 9.47 Å².